The molecular formula is C38H34N4O5. The van der Waals surface area contributed by atoms with Crippen LogP contribution in [0.1, 0.15) is 48.9 Å². The zero-order valence-electron chi connectivity index (χ0n) is 26.6. The molecule has 0 aliphatic carbocycles. The fourth-order valence-electron chi connectivity index (χ4n) is 5.71. The lowest BCUT2D eigenvalue weighted by Gasteiger charge is -2.18. The Balaban J connectivity index is 1.49. The third kappa shape index (κ3) is 6.20. The van der Waals surface area contributed by atoms with Crippen molar-refractivity contribution in [2.24, 2.45) is 5.10 Å². The summed E-state index contributed by atoms with van der Waals surface area (Å²) in [6.07, 6.45) is 1.42. The van der Waals surface area contributed by atoms with Gasteiger partial charge in [-0.25, -0.2) is 4.98 Å². The highest BCUT2D eigenvalue weighted by Crippen LogP contribution is 2.35. The first-order chi connectivity index (χ1) is 22.8. The van der Waals surface area contributed by atoms with Crippen molar-refractivity contribution in [2.75, 3.05) is 6.61 Å². The first kappa shape index (κ1) is 31.2. The molecule has 0 N–H and O–H groups in total. The predicted molar refractivity (Wildman–Crippen MR) is 186 cm³/mol. The second-order valence-corrected chi connectivity index (χ2v) is 11.5. The van der Waals surface area contributed by atoms with Crippen LogP contribution in [0.25, 0.3) is 33.1 Å². The number of aromatic nitrogens is 2. The monoisotopic (exact) mass is 626 g/mol. The molecule has 0 spiro atoms. The van der Waals surface area contributed by atoms with E-state index in [4.69, 9.17) is 14.5 Å². The minimum Gasteiger partial charge on any atom is -0.494 e. The smallest absolute Gasteiger partial charge is 0.311 e. The summed E-state index contributed by atoms with van der Waals surface area (Å²) in [4.78, 5) is 30.5. The number of hydrogen-bond acceptors (Lipinski definition) is 7. The minimum absolute atomic E-state index is 0.0527. The van der Waals surface area contributed by atoms with Gasteiger partial charge in [0, 0.05) is 17.2 Å². The molecule has 1 aromatic heterocycles. The van der Waals surface area contributed by atoms with Gasteiger partial charge >= 0.3 is 5.69 Å². The van der Waals surface area contributed by atoms with E-state index in [1.807, 2.05) is 74.5 Å². The number of nitro groups is 1. The van der Waals surface area contributed by atoms with E-state index in [9.17, 15) is 14.9 Å². The zero-order chi connectivity index (χ0) is 33.1. The van der Waals surface area contributed by atoms with Gasteiger partial charge < -0.3 is 9.47 Å². The number of para-hydroxylation sites is 2. The molecule has 0 aliphatic rings. The van der Waals surface area contributed by atoms with Crippen molar-refractivity contribution in [2.45, 2.75) is 40.2 Å². The SMILES string of the molecule is CCOc1cc(C)c(-c2nc3ccccc3c(=O)n2N=Cc2cccc([N+](=O)[O-])c2OCc2cccc3ccccc23)cc1C(C)C. The lowest BCUT2D eigenvalue weighted by molar-refractivity contribution is -0.385. The minimum atomic E-state index is -0.484. The largest absolute Gasteiger partial charge is 0.494 e. The molecule has 47 heavy (non-hydrogen) atoms. The first-order valence-electron chi connectivity index (χ1n) is 15.5. The average Bonchev–Trinajstić information content (AvgIpc) is 3.07. The number of nitro benzene ring substituents is 1. The van der Waals surface area contributed by atoms with Gasteiger partial charge in [-0.15, -0.1) is 0 Å². The van der Waals surface area contributed by atoms with Gasteiger partial charge in [0.1, 0.15) is 12.4 Å². The Morgan fingerprint density at radius 2 is 1.66 bits per heavy atom. The molecule has 0 bridgehead atoms. The fourth-order valence-corrected chi connectivity index (χ4v) is 5.71. The lowest BCUT2D eigenvalue weighted by Crippen LogP contribution is -2.21. The van der Waals surface area contributed by atoms with E-state index in [0.29, 0.717) is 28.9 Å². The Labute approximate surface area is 271 Å². The molecule has 0 fully saturated rings. The molecule has 0 amide bonds. The highest BCUT2D eigenvalue weighted by Gasteiger charge is 2.21. The Morgan fingerprint density at radius 1 is 0.936 bits per heavy atom. The second-order valence-electron chi connectivity index (χ2n) is 11.5. The molecular weight excluding hydrogens is 592 g/mol. The standard InChI is InChI=1S/C38H34N4O5/c1-5-46-35-20-25(4)32(21-31(35)24(2)3)37-40-33-18-9-8-17-30(33)38(43)41(37)39-22-27-14-11-19-34(42(44)45)36(27)47-23-28-15-10-13-26-12-6-7-16-29(26)28/h6-22,24H,5,23H2,1-4H3. The Bertz CT molecular complexity index is 2220. The first-order valence-corrected chi connectivity index (χ1v) is 15.5. The van der Waals surface area contributed by atoms with Crippen molar-refractivity contribution in [3.05, 3.63) is 140 Å². The number of ether oxygens (including phenoxy) is 2. The Kier molecular flexibility index (Phi) is 8.79. The maximum Gasteiger partial charge on any atom is 0.311 e. The number of rotatable bonds is 10. The molecule has 0 aliphatic heterocycles. The van der Waals surface area contributed by atoms with E-state index in [1.165, 1.54) is 17.0 Å². The topological polar surface area (TPSA) is 109 Å². The molecule has 0 radical (unpaired) electrons. The van der Waals surface area contributed by atoms with E-state index in [-0.39, 0.29) is 29.5 Å². The van der Waals surface area contributed by atoms with Gasteiger partial charge in [-0.2, -0.15) is 9.78 Å². The molecule has 9 nitrogen and oxygen atoms in total. The number of nitrogens with zero attached hydrogens (tertiary/aromatic N) is 4. The maximum absolute atomic E-state index is 14.0. The van der Waals surface area contributed by atoms with Crippen LogP contribution in [0.3, 0.4) is 0 Å². The van der Waals surface area contributed by atoms with E-state index in [0.717, 1.165) is 38.8 Å². The molecule has 6 rings (SSSR count). The van der Waals surface area contributed by atoms with E-state index < -0.39 is 4.92 Å². The summed E-state index contributed by atoms with van der Waals surface area (Å²) < 4.78 is 13.4. The Hall–Kier alpha value is -5.83. The van der Waals surface area contributed by atoms with Crippen molar-refractivity contribution in [3.8, 4) is 22.9 Å². The van der Waals surface area contributed by atoms with Gasteiger partial charge in [0.25, 0.3) is 5.56 Å². The lowest BCUT2D eigenvalue weighted by atomic mass is 9.96. The summed E-state index contributed by atoms with van der Waals surface area (Å²) in [5, 5.41) is 19.2. The molecule has 0 atom stereocenters. The summed E-state index contributed by atoms with van der Waals surface area (Å²) in [6, 6.07) is 29.5. The molecule has 5 aromatic carbocycles. The van der Waals surface area contributed by atoms with Crippen molar-refractivity contribution in [3.63, 3.8) is 0 Å². The summed E-state index contributed by atoms with van der Waals surface area (Å²) in [5.41, 5.74) is 3.75. The molecule has 0 saturated carbocycles. The van der Waals surface area contributed by atoms with E-state index in [1.54, 1.807) is 30.3 Å². The quantitative estimate of drug-likeness (QED) is 0.0858. The van der Waals surface area contributed by atoms with Crippen LogP contribution in [0.5, 0.6) is 11.5 Å². The van der Waals surface area contributed by atoms with Crippen LogP contribution in [-0.2, 0) is 6.61 Å². The normalized spacial score (nSPS) is 11.5. The number of aryl methyl sites for hydroxylation is 1. The van der Waals surface area contributed by atoms with E-state index >= 15 is 0 Å². The third-order valence-corrected chi connectivity index (χ3v) is 8.06. The maximum atomic E-state index is 14.0. The van der Waals surface area contributed by atoms with Gasteiger partial charge in [-0.05, 0) is 77.6 Å². The van der Waals surface area contributed by atoms with Crippen LogP contribution in [0.4, 0.5) is 5.69 Å². The molecule has 9 heteroatoms. The summed E-state index contributed by atoms with van der Waals surface area (Å²) in [5.74, 6) is 1.32. The van der Waals surface area contributed by atoms with Crippen LogP contribution in [0, 0.1) is 17.0 Å². The van der Waals surface area contributed by atoms with Crippen molar-refractivity contribution in [1.82, 2.24) is 9.66 Å². The molecule has 6 aromatic rings. The fraction of sp³-hybridized carbons (Fsp3) is 0.184. The van der Waals surface area contributed by atoms with E-state index in [2.05, 4.69) is 18.9 Å². The van der Waals surface area contributed by atoms with Crippen LogP contribution in [0.15, 0.2) is 107 Å². The highest BCUT2D eigenvalue weighted by molar-refractivity contribution is 5.87. The molecule has 236 valence electrons. The number of hydrogen-bond donors (Lipinski definition) is 0. The second kappa shape index (κ2) is 13.3. The highest BCUT2D eigenvalue weighted by atomic mass is 16.6. The molecule has 0 saturated heterocycles. The number of benzene rings is 5. The predicted octanol–water partition coefficient (Wildman–Crippen LogP) is 8.42. The zero-order valence-corrected chi connectivity index (χ0v) is 26.6. The third-order valence-electron chi connectivity index (χ3n) is 8.06. The van der Waals surface area contributed by atoms with Crippen LogP contribution < -0.4 is 15.0 Å². The van der Waals surface area contributed by atoms with Crippen LogP contribution in [0.2, 0.25) is 0 Å². The summed E-state index contributed by atoms with van der Waals surface area (Å²) in [7, 11) is 0. The van der Waals surface area contributed by atoms with Gasteiger partial charge in [0.2, 0.25) is 5.75 Å². The van der Waals surface area contributed by atoms with Crippen LogP contribution in [-0.4, -0.2) is 27.4 Å². The molecule has 1 heterocycles. The van der Waals surface area contributed by atoms with Crippen molar-refractivity contribution < 1.29 is 14.4 Å². The Morgan fingerprint density at radius 3 is 2.43 bits per heavy atom. The summed E-state index contributed by atoms with van der Waals surface area (Å²) in [6.45, 7) is 8.67. The van der Waals surface area contributed by atoms with Gasteiger partial charge in [0.15, 0.2) is 5.82 Å². The molecule has 0 unspecified atom stereocenters. The van der Waals surface area contributed by atoms with Crippen LogP contribution >= 0.6 is 0 Å². The van der Waals surface area contributed by atoms with Gasteiger partial charge in [-0.1, -0.05) is 74.5 Å². The number of fused-ring (bicyclic) bond motifs is 2. The average molecular weight is 627 g/mol. The summed E-state index contributed by atoms with van der Waals surface area (Å²) >= 11 is 0. The van der Waals surface area contributed by atoms with Gasteiger partial charge in [-0.3, -0.25) is 14.9 Å². The van der Waals surface area contributed by atoms with Crippen molar-refractivity contribution >= 4 is 33.6 Å². The van der Waals surface area contributed by atoms with Crippen molar-refractivity contribution in [1.29, 1.82) is 0 Å². The van der Waals surface area contributed by atoms with Gasteiger partial charge in [0.05, 0.1) is 28.6 Å².